The molecule has 1 unspecified atom stereocenters. The van der Waals surface area contributed by atoms with Crippen LogP contribution < -0.4 is 0 Å². The van der Waals surface area contributed by atoms with Crippen molar-refractivity contribution in [2.75, 3.05) is 13.7 Å². The van der Waals surface area contributed by atoms with Crippen LogP contribution in [0.3, 0.4) is 0 Å². The summed E-state index contributed by atoms with van der Waals surface area (Å²) in [4.78, 5) is 0. The molecule has 1 atom stereocenters. The van der Waals surface area contributed by atoms with Crippen LogP contribution in [0.15, 0.2) is 0 Å². The zero-order chi connectivity index (χ0) is 7.70. The van der Waals surface area contributed by atoms with E-state index in [4.69, 9.17) is 5.11 Å². The third-order valence-electron chi connectivity index (χ3n) is 0.830. The van der Waals surface area contributed by atoms with Crippen molar-refractivity contribution in [3.63, 3.8) is 0 Å². The van der Waals surface area contributed by atoms with Crippen molar-refractivity contribution in [2.24, 2.45) is 0 Å². The summed E-state index contributed by atoms with van der Waals surface area (Å²) in [5.74, 6) is 0. The zero-order valence-corrected chi connectivity index (χ0v) is 6.85. The van der Waals surface area contributed by atoms with E-state index in [2.05, 4.69) is 4.74 Å². The molecule has 0 saturated heterocycles. The Labute approximate surface area is 57.8 Å². The van der Waals surface area contributed by atoms with Gasteiger partial charge < -0.3 is 9.84 Å². The molecule has 0 saturated carbocycles. The van der Waals surface area contributed by atoms with Crippen LogP contribution in [-0.2, 0) is 4.74 Å². The van der Waals surface area contributed by atoms with Crippen molar-refractivity contribution < 1.29 is 9.84 Å². The highest BCUT2D eigenvalue weighted by atomic mass is 16.5. The Balaban J connectivity index is 0. The molecular weight excluding hydrogens is 116 g/mol. The van der Waals surface area contributed by atoms with E-state index in [1.165, 1.54) is 0 Å². The maximum Gasteiger partial charge on any atom is 0.0770 e. The van der Waals surface area contributed by atoms with Gasteiger partial charge in [0.1, 0.15) is 0 Å². The molecule has 0 radical (unpaired) electrons. The minimum absolute atomic E-state index is 0.273. The summed E-state index contributed by atoms with van der Waals surface area (Å²) in [7, 11) is 1.58. The van der Waals surface area contributed by atoms with Gasteiger partial charge in [0, 0.05) is 7.11 Å². The third kappa shape index (κ3) is 11.5. The topological polar surface area (TPSA) is 29.5 Å². The van der Waals surface area contributed by atoms with Gasteiger partial charge >= 0.3 is 0 Å². The lowest BCUT2D eigenvalue weighted by Crippen LogP contribution is -2.11. The Bertz CT molecular complexity index is 37.9. The van der Waals surface area contributed by atoms with Crippen molar-refractivity contribution in [1.82, 2.24) is 0 Å². The fourth-order valence-corrected chi connectivity index (χ4v) is 0.310. The molecule has 0 heterocycles. The second kappa shape index (κ2) is 10.8. The van der Waals surface area contributed by atoms with Crippen LogP contribution in [-0.4, -0.2) is 24.9 Å². The first-order valence-electron chi connectivity index (χ1n) is 3.48. The predicted octanol–water partition coefficient (Wildman–Crippen LogP) is 1.43. The number of hydrogen-bond donors (Lipinski definition) is 1. The summed E-state index contributed by atoms with van der Waals surface area (Å²) in [5, 5.41) is 8.73. The fourth-order valence-electron chi connectivity index (χ4n) is 0.310. The molecule has 2 heteroatoms. The zero-order valence-electron chi connectivity index (χ0n) is 6.85. The Morgan fingerprint density at radius 2 is 1.89 bits per heavy atom. The fraction of sp³-hybridized carbons (Fsp3) is 1.00. The van der Waals surface area contributed by atoms with Crippen molar-refractivity contribution >= 4 is 0 Å². The second-order valence-electron chi connectivity index (χ2n) is 1.52. The molecule has 0 amide bonds. The van der Waals surface area contributed by atoms with Crippen molar-refractivity contribution in [3.8, 4) is 0 Å². The Morgan fingerprint density at radius 3 is 2.00 bits per heavy atom. The van der Waals surface area contributed by atoms with Crippen molar-refractivity contribution in [2.45, 2.75) is 33.3 Å². The third-order valence-corrected chi connectivity index (χ3v) is 0.830. The SMILES string of the molecule is CC.CCC(O)COC. The van der Waals surface area contributed by atoms with E-state index in [-0.39, 0.29) is 6.10 Å². The number of aliphatic hydroxyl groups excluding tert-OH is 1. The molecule has 2 nitrogen and oxygen atoms in total. The highest BCUT2D eigenvalue weighted by Gasteiger charge is 1.95. The van der Waals surface area contributed by atoms with Crippen LogP contribution in [0.5, 0.6) is 0 Å². The van der Waals surface area contributed by atoms with E-state index >= 15 is 0 Å². The Hall–Kier alpha value is -0.0800. The van der Waals surface area contributed by atoms with Gasteiger partial charge in [0.25, 0.3) is 0 Å². The maximum atomic E-state index is 8.73. The first-order chi connectivity index (χ1) is 4.31. The normalized spacial score (nSPS) is 11.7. The molecular formula is C7H18O2. The summed E-state index contributed by atoms with van der Waals surface area (Å²) in [6.45, 7) is 6.38. The minimum Gasteiger partial charge on any atom is -0.391 e. The molecule has 0 aromatic heterocycles. The van der Waals surface area contributed by atoms with Crippen LogP contribution in [0, 0.1) is 0 Å². The highest BCUT2D eigenvalue weighted by molar-refractivity contribution is 4.45. The molecule has 0 aromatic rings. The monoisotopic (exact) mass is 134 g/mol. The van der Waals surface area contributed by atoms with Gasteiger partial charge in [-0.3, -0.25) is 0 Å². The molecule has 0 bridgehead atoms. The van der Waals surface area contributed by atoms with Gasteiger partial charge in [-0.05, 0) is 6.42 Å². The number of hydrogen-bond acceptors (Lipinski definition) is 2. The lowest BCUT2D eigenvalue weighted by Gasteiger charge is -2.02. The molecule has 58 valence electrons. The van der Waals surface area contributed by atoms with Gasteiger partial charge in [-0.2, -0.15) is 0 Å². The van der Waals surface area contributed by atoms with Crippen LogP contribution in [0.2, 0.25) is 0 Å². The quantitative estimate of drug-likeness (QED) is 0.632. The van der Waals surface area contributed by atoms with Gasteiger partial charge in [0.2, 0.25) is 0 Å². The van der Waals surface area contributed by atoms with Crippen LogP contribution in [0.25, 0.3) is 0 Å². The smallest absolute Gasteiger partial charge is 0.0770 e. The molecule has 0 fully saturated rings. The minimum atomic E-state index is -0.273. The molecule has 0 aromatic carbocycles. The van der Waals surface area contributed by atoms with Gasteiger partial charge in [-0.25, -0.2) is 0 Å². The first kappa shape index (κ1) is 11.7. The molecule has 0 spiro atoms. The highest BCUT2D eigenvalue weighted by Crippen LogP contribution is 1.87. The molecule has 9 heavy (non-hydrogen) atoms. The van der Waals surface area contributed by atoms with Gasteiger partial charge in [-0.1, -0.05) is 20.8 Å². The van der Waals surface area contributed by atoms with Gasteiger partial charge in [-0.15, -0.1) is 0 Å². The van der Waals surface area contributed by atoms with Gasteiger partial charge in [0.05, 0.1) is 12.7 Å². The Morgan fingerprint density at radius 1 is 1.44 bits per heavy atom. The van der Waals surface area contributed by atoms with E-state index in [1.54, 1.807) is 7.11 Å². The maximum absolute atomic E-state index is 8.73. The molecule has 1 N–H and O–H groups in total. The van der Waals surface area contributed by atoms with E-state index < -0.39 is 0 Å². The van der Waals surface area contributed by atoms with Crippen molar-refractivity contribution in [3.05, 3.63) is 0 Å². The summed E-state index contributed by atoms with van der Waals surface area (Å²) in [6, 6.07) is 0. The van der Waals surface area contributed by atoms with Crippen LogP contribution >= 0.6 is 0 Å². The van der Waals surface area contributed by atoms with Gasteiger partial charge in [0.15, 0.2) is 0 Å². The average Bonchev–Trinajstić information content (AvgIpc) is 1.93. The summed E-state index contributed by atoms with van der Waals surface area (Å²) in [6.07, 6.45) is 0.499. The second-order valence-corrected chi connectivity index (χ2v) is 1.52. The summed E-state index contributed by atoms with van der Waals surface area (Å²) < 4.78 is 4.64. The number of aliphatic hydroxyl groups is 1. The summed E-state index contributed by atoms with van der Waals surface area (Å²) in [5.41, 5.74) is 0. The largest absolute Gasteiger partial charge is 0.391 e. The van der Waals surface area contributed by atoms with E-state index in [0.717, 1.165) is 6.42 Å². The summed E-state index contributed by atoms with van der Waals surface area (Å²) >= 11 is 0. The molecule has 0 rings (SSSR count). The number of methoxy groups -OCH3 is 1. The molecule has 0 aliphatic rings. The average molecular weight is 134 g/mol. The number of rotatable bonds is 3. The van der Waals surface area contributed by atoms with E-state index in [9.17, 15) is 0 Å². The van der Waals surface area contributed by atoms with Crippen LogP contribution in [0.1, 0.15) is 27.2 Å². The van der Waals surface area contributed by atoms with Crippen LogP contribution in [0.4, 0.5) is 0 Å². The lowest BCUT2D eigenvalue weighted by atomic mass is 10.3. The first-order valence-corrected chi connectivity index (χ1v) is 3.48. The Kier molecular flexibility index (Phi) is 14.0. The lowest BCUT2D eigenvalue weighted by molar-refractivity contribution is 0.0625. The van der Waals surface area contributed by atoms with E-state index in [0.29, 0.717) is 6.61 Å². The standard InChI is InChI=1S/C5H12O2.C2H6/c1-3-5(6)4-7-2;1-2/h5-6H,3-4H2,1-2H3;1-2H3. The van der Waals surface area contributed by atoms with Crippen molar-refractivity contribution in [1.29, 1.82) is 0 Å². The molecule has 0 aliphatic carbocycles. The van der Waals surface area contributed by atoms with E-state index in [1.807, 2.05) is 20.8 Å². The predicted molar refractivity (Wildman–Crippen MR) is 39.5 cm³/mol. The molecule has 0 aliphatic heterocycles. The number of ether oxygens (including phenoxy) is 1.